The maximum absolute atomic E-state index is 13.1. The van der Waals surface area contributed by atoms with Gasteiger partial charge in [0.05, 0.1) is 5.56 Å². The van der Waals surface area contributed by atoms with Crippen molar-refractivity contribution in [1.82, 2.24) is 15.2 Å². The lowest BCUT2D eigenvalue weighted by Crippen LogP contribution is -2.43. The molecule has 1 aromatic heterocycles. The molecule has 0 radical (unpaired) electrons. The van der Waals surface area contributed by atoms with Crippen LogP contribution in [0.15, 0.2) is 60.8 Å². The van der Waals surface area contributed by atoms with Crippen LogP contribution in [0.5, 0.6) is 0 Å². The molecule has 5 nitrogen and oxygen atoms in total. The number of rotatable bonds is 5. The van der Waals surface area contributed by atoms with Gasteiger partial charge in [-0.1, -0.05) is 24.3 Å². The van der Waals surface area contributed by atoms with Crippen LogP contribution in [0.25, 0.3) is 0 Å². The SMILES string of the molecule is CN1CCC(NC(=O)c2cccc3c2CCN3c2cc(Cc3cccc(C(F)(F)F)c3)ccn2)CC1. The largest absolute Gasteiger partial charge is 0.416 e. The topological polar surface area (TPSA) is 48.5 Å². The molecule has 188 valence electrons. The number of nitrogens with zero attached hydrogens (tertiary/aromatic N) is 3. The third kappa shape index (κ3) is 5.23. The molecule has 0 unspecified atom stereocenters. The highest BCUT2D eigenvalue weighted by atomic mass is 19.4. The zero-order valence-corrected chi connectivity index (χ0v) is 20.2. The molecular weight excluding hydrogens is 465 g/mol. The van der Waals surface area contributed by atoms with E-state index in [1.165, 1.54) is 12.1 Å². The van der Waals surface area contributed by atoms with Crippen LogP contribution in [-0.2, 0) is 19.0 Å². The van der Waals surface area contributed by atoms with E-state index >= 15 is 0 Å². The molecule has 0 bridgehead atoms. The van der Waals surface area contributed by atoms with Gasteiger partial charge in [0.2, 0.25) is 0 Å². The van der Waals surface area contributed by atoms with Gasteiger partial charge in [0.15, 0.2) is 0 Å². The molecule has 1 amide bonds. The quantitative estimate of drug-likeness (QED) is 0.529. The van der Waals surface area contributed by atoms with Crippen LogP contribution in [0.2, 0.25) is 0 Å². The van der Waals surface area contributed by atoms with Gasteiger partial charge in [-0.15, -0.1) is 0 Å². The van der Waals surface area contributed by atoms with Gasteiger partial charge < -0.3 is 15.1 Å². The summed E-state index contributed by atoms with van der Waals surface area (Å²) in [6.45, 7) is 2.65. The number of carbonyl (C=O) groups excluding carboxylic acids is 1. The third-order valence-corrected chi connectivity index (χ3v) is 7.07. The molecule has 2 aliphatic heterocycles. The Morgan fingerprint density at radius 2 is 1.78 bits per heavy atom. The summed E-state index contributed by atoms with van der Waals surface area (Å²) in [4.78, 5) is 22.0. The number of piperidine rings is 1. The Morgan fingerprint density at radius 3 is 2.56 bits per heavy atom. The van der Waals surface area contributed by atoms with Crippen molar-refractivity contribution in [3.8, 4) is 0 Å². The summed E-state index contributed by atoms with van der Waals surface area (Å²) < 4.78 is 39.3. The number of amides is 1. The molecule has 1 N–H and O–H groups in total. The molecular formula is C28H29F3N4O. The van der Waals surface area contributed by atoms with E-state index in [1.54, 1.807) is 12.3 Å². The lowest BCUT2D eigenvalue weighted by molar-refractivity contribution is -0.137. The number of alkyl halides is 3. The van der Waals surface area contributed by atoms with Crippen molar-refractivity contribution in [2.24, 2.45) is 0 Å². The predicted octanol–water partition coefficient (Wildman–Crippen LogP) is 5.21. The number of nitrogens with one attached hydrogen (secondary N) is 1. The fraction of sp³-hybridized carbons (Fsp3) is 0.357. The van der Waals surface area contributed by atoms with E-state index in [2.05, 4.69) is 27.1 Å². The highest BCUT2D eigenvalue weighted by Gasteiger charge is 2.30. The molecule has 2 aliphatic rings. The van der Waals surface area contributed by atoms with Crippen molar-refractivity contribution < 1.29 is 18.0 Å². The van der Waals surface area contributed by atoms with E-state index in [1.807, 2.05) is 30.3 Å². The number of halogens is 3. The van der Waals surface area contributed by atoms with Crippen LogP contribution in [0, 0.1) is 0 Å². The molecule has 0 spiro atoms. The molecule has 2 aromatic carbocycles. The minimum Gasteiger partial charge on any atom is -0.349 e. The number of fused-ring (bicyclic) bond motifs is 1. The molecule has 1 saturated heterocycles. The van der Waals surface area contributed by atoms with Gasteiger partial charge in [-0.2, -0.15) is 13.2 Å². The second-order valence-corrected chi connectivity index (χ2v) is 9.65. The molecule has 0 atom stereocenters. The predicted molar refractivity (Wildman–Crippen MR) is 134 cm³/mol. The van der Waals surface area contributed by atoms with Crippen LogP contribution < -0.4 is 10.2 Å². The van der Waals surface area contributed by atoms with Crippen molar-refractivity contribution in [3.63, 3.8) is 0 Å². The lowest BCUT2D eigenvalue weighted by Gasteiger charge is -2.29. The maximum atomic E-state index is 13.1. The first kappa shape index (κ1) is 24.3. The Hall–Kier alpha value is -3.39. The van der Waals surface area contributed by atoms with Crippen molar-refractivity contribution in [2.45, 2.75) is 37.9 Å². The Kier molecular flexibility index (Phi) is 6.71. The summed E-state index contributed by atoms with van der Waals surface area (Å²) in [5.74, 6) is 0.695. The van der Waals surface area contributed by atoms with E-state index < -0.39 is 11.7 Å². The standard InChI is InChI=1S/C28H29F3N4O/c1-34-13-9-22(10-14-34)33-27(36)24-6-3-7-25-23(24)11-15-35(25)26-18-20(8-12-32-26)16-19-4-2-5-21(17-19)28(29,30)31/h2-8,12,17-18,22H,9-11,13-16H2,1H3,(H,33,36). The number of benzene rings is 2. The summed E-state index contributed by atoms with van der Waals surface area (Å²) >= 11 is 0. The summed E-state index contributed by atoms with van der Waals surface area (Å²) in [6, 6.07) is 15.1. The van der Waals surface area contributed by atoms with Crippen LogP contribution in [-0.4, -0.2) is 48.5 Å². The Labute approximate surface area is 208 Å². The van der Waals surface area contributed by atoms with Gasteiger partial charge in [0.1, 0.15) is 5.82 Å². The van der Waals surface area contributed by atoms with E-state index in [4.69, 9.17) is 0 Å². The summed E-state index contributed by atoms with van der Waals surface area (Å²) in [7, 11) is 2.10. The van der Waals surface area contributed by atoms with E-state index in [-0.39, 0.29) is 11.9 Å². The molecule has 5 rings (SSSR count). The molecule has 3 heterocycles. The van der Waals surface area contributed by atoms with Crippen molar-refractivity contribution in [2.75, 3.05) is 31.6 Å². The highest BCUT2D eigenvalue weighted by molar-refractivity contribution is 5.98. The number of pyridine rings is 1. The molecule has 8 heteroatoms. The summed E-state index contributed by atoms with van der Waals surface area (Å²) in [6.07, 6.45) is 0.325. The summed E-state index contributed by atoms with van der Waals surface area (Å²) in [5.41, 5.74) is 3.49. The monoisotopic (exact) mass is 494 g/mol. The van der Waals surface area contributed by atoms with Crippen molar-refractivity contribution in [3.05, 3.63) is 88.6 Å². The normalized spacial score (nSPS) is 16.7. The minimum atomic E-state index is -4.37. The lowest BCUT2D eigenvalue weighted by atomic mass is 10.0. The Balaban J connectivity index is 1.34. The zero-order valence-electron chi connectivity index (χ0n) is 20.2. The van der Waals surface area contributed by atoms with Crippen molar-refractivity contribution >= 4 is 17.4 Å². The van der Waals surface area contributed by atoms with Crippen LogP contribution in [0.3, 0.4) is 0 Å². The first-order valence-corrected chi connectivity index (χ1v) is 12.3. The van der Waals surface area contributed by atoms with Crippen LogP contribution >= 0.6 is 0 Å². The van der Waals surface area contributed by atoms with Gasteiger partial charge in [-0.05, 0) is 92.8 Å². The number of hydrogen-bond acceptors (Lipinski definition) is 4. The van der Waals surface area contributed by atoms with E-state index in [9.17, 15) is 18.0 Å². The Bertz CT molecular complexity index is 1250. The fourth-order valence-corrected chi connectivity index (χ4v) is 5.11. The average Bonchev–Trinajstić information content (AvgIpc) is 3.30. The smallest absolute Gasteiger partial charge is 0.349 e. The Morgan fingerprint density at radius 1 is 1.03 bits per heavy atom. The van der Waals surface area contributed by atoms with E-state index in [0.717, 1.165) is 61.1 Å². The third-order valence-electron chi connectivity index (χ3n) is 7.07. The first-order chi connectivity index (χ1) is 17.3. The second-order valence-electron chi connectivity index (χ2n) is 9.65. The molecule has 36 heavy (non-hydrogen) atoms. The molecule has 1 fully saturated rings. The minimum absolute atomic E-state index is 0.0329. The number of anilines is 2. The van der Waals surface area contributed by atoms with Crippen LogP contribution in [0.4, 0.5) is 24.7 Å². The van der Waals surface area contributed by atoms with Crippen LogP contribution in [0.1, 0.15) is 45.5 Å². The van der Waals surface area contributed by atoms with Crippen molar-refractivity contribution in [1.29, 1.82) is 0 Å². The van der Waals surface area contributed by atoms with Gasteiger partial charge in [-0.3, -0.25) is 4.79 Å². The molecule has 0 saturated carbocycles. The van der Waals surface area contributed by atoms with Gasteiger partial charge in [0, 0.05) is 30.0 Å². The number of likely N-dealkylation sites (tertiary alicyclic amines) is 1. The average molecular weight is 495 g/mol. The van der Waals surface area contributed by atoms with Gasteiger partial charge in [0.25, 0.3) is 5.91 Å². The fourth-order valence-electron chi connectivity index (χ4n) is 5.11. The summed E-state index contributed by atoms with van der Waals surface area (Å²) in [5, 5.41) is 3.21. The first-order valence-electron chi connectivity index (χ1n) is 12.3. The molecule has 0 aliphatic carbocycles. The second kappa shape index (κ2) is 9.93. The van der Waals surface area contributed by atoms with Gasteiger partial charge in [-0.25, -0.2) is 4.98 Å². The zero-order chi connectivity index (χ0) is 25.3. The molecule has 3 aromatic rings. The number of hydrogen-bond donors (Lipinski definition) is 1. The van der Waals surface area contributed by atoms with Gasteiger partial charge >= 0.3 is 6.18 Å². The highest BCUT2D eigenvalue weighted by Crippen LogP contribution is 2.36. The number of carbonyl (C=O) groups is 1. The maximum Gasteiger partial charge on any atom is 0.416 e. The number of aromatic nitrogens is 1. The van der Waals surface area contributed by atoms with E-state index in [0.29, 0.717) is 24.1 Å².